The number of benzene rings is 1. The molecule has 1 saturated heterocycles. The van der Waals surface area contributed by atoms with Crippen LogP contribution < -0.4 is 10.6 Å². The van der Waals surface area contributed by atoms with E-state index in [1.54, 1.807) is 6.07 Å². The molecule has 3 N–H and O–H groups in total. The Morgan fingerprint density at radius 2 is 2.22 bits per heavy atom. The van der Waals surface area contributed by atoms with Crippen LogP contribution in [0, 0.1) is 6.92 Å². The molecule has 0 saturated carbocycles. The number of nitrogens with one attached hydrogen (secondary N) is 2. The van der Waals surface area contributed by atoms with Crippen molar-refractivity contribution in [1.82, 2.24) is 5.32 Å². The molecule has 1 aliphatic heterocycles. The normalized spacial score (nSPS) is 18.6. The first kappa shape index (κ1) is 12.6. The summed E-state index contributed by atoms with van der Waals surface area (Å²) in [6.07, 6.45) is 1.82. The molecule has 18 heavy (non-hydrogen) atoms. The Kier molecular flexibility index (Phi) is 3.62. The fourth-order valence-corrected chi connectivity index (χ4v) is 2.02. The minimum atomic E-state index is -0.996. The Labute approximate surface area is 105 Å². The number of carbonyl (C=O) groups excluding carboxylic acids is 1. The van der Waals surface area contributed by atoms with Crippen molar-refractivity contribution in [2.45, 2.75) is 25.8 Å². The predicted molar refractivity (Wildman–Crippen MR) is 67.8 cm³/mol. The third kappa shape index (κ3) is 2.68. The molecule has 0 unspecified atom stereocenters. The van der Waals surface area contributed by atoms with Crippen molar-refractivity contribution in [2.75, 3.05) is 11.9 Å². The van der Waals surface area contributed by atoms with Crippen LogP contribution in [0.25, 0.3) is 0 Å². The van der Waals surface area contributed by atoms with Gasteiger partial charge in [0.1, 0.15) is 0 Å². The standard InChI is InChI=1S/C13H16N2O3/c1-8-4-5-9(13(17)18)7-11(8)15-12(16)10-3-2-6-14-10/h4-5,7,10,14H,2-3,6H2,1H3,(H,15,16)(H,17,18)/t10-/m1/s1. The molecule has 1 fully saturated rings. The molecular formula is C13H16N2O3. The topological polar surface area (TPSA) is 78.4 Å². The summed E-state index contributed by atoms with van der Waals surface area (Å²) in [5, 5.41) is 14.8. The molecule has 5 heteroatoms. The highest BCUT2D eigenvalue weighted by molar-refractivity contribution is 5.97. The van der Waals surface area contributed by atoms with Crippen molar-refractivity contribution < 1.29 is 14.7 Å². The number of hydrogen-bond donors (Lipinski definition) is 3. The van der Waals surface area contributed by atoms with Crippen LogP contribution in [0.2, 0.25) is 0 Å². The second-order valence-electron chi connectivity index (χ2n) is 4.47. The highest BCUT2D eigenvalue weighted by atomic mass is 16.4. The lowest BCUT2D eigenvalue weighted by Crippen LogP contribution is -2.35. The van der Waals surface area contributed by atoms with Crippen LogP contribution in [0.15, 0.2) is 18.2 Å². The van der Waals surface area contributed by atoms with Gasteiger partial charge in [0, 0.05) is 5.69 Å². The van der Waals surface area contributed by atoms with Crippen molar-refractivity contribution in [1.29, 1.82) is 0 Å². The Morgan fingerprint density at radius 1 is 1.44 bits per heavy atom. The van der Waals surface area contributed by atoms with E-state index in [9.17, 15) is 9.59 Å². The summed E-state index contributed by atoms with van der Waals surface area (Å²) in [6.45, 7) is 2.69. The molecule has 2 rings (SSSR count). The van der Waals surface area contributed by atoms with Crippen LogP contribution in [0.3, 0.4) is 0 Å². The van der Waals surface area contributed by atoms with Crippen LogP contribution >= 0.6 is 0 Å². The molecule has 1 atom stereocenters. The monoisotopic (exact) mass is 248 g/mol. The van der Waals surface area contributed by atoms with E-state index in [1.165, 1.54) is 12.1 Å². The fraction of sp³-hybridized carbons (Fsp3) is 0.385. The van der Waals surface area contributed by atoms with Gasteiger partial charge in [-0.05, 0) is 44.0 Å². The molecule has 0 bridgehead atoms. The smallest absolute Gasteiger partial charge is 0.335 e. The van der Waals surface area contributed by atoms with E-state index >= 15 is 0 Å². The number of aryl methyl sites for hydroxylation is 1. The number of carbonyl (C=O) groups is 2. The molecule has 0 aromatic heterocycles. The van der Waals surface area contributed by atoms with Crippen LogP contribution in [0.1, 0.15) is 28.8 Å². The number of carboxylic acid groups (broad SMARTS) is 1. The van der Waals surface area contributed by atoms with Gasteiger partial charge in [-0.25, -0.2) is 4.79 Å². The largest absolute Gasteiger partial charge is 0.478 e. The van der Waals surface area contributed by atoms with Gasteiger partial charge in [0.25, 0.3) is 0 Å². The molecule has 5 nitrogen and oxygen atoms in total. The van der Waals surface area contributed by atoms with Crippen molar-refractivity contribution in [3.05, 3.63) is 29.3 Å². The number of anilines is 1. The molecule has 96 valence electrons. The molecule has 1 amide bonds. The first-order valence-corrected chi connectivity index (χ1v) is 5.96. The zero-order valence-electron chi connectivity index (χ0n) is 10.2. The Balaban J connectivity index is 2.14. The molecular weight excluding hydrogens is 232 g/mol. The summed E-state index contributed by atoms with van der Waals surface area (Å²) in [5.41, 5.74) is 1.59. The average molecular weight is 248 g/mol. The van der Waals surface area contributed by atoms with Gasteiger partial charge in [-0.3, -0.25) is 4.79 Å². The van der Waals surface area contributed by atoms with Gasteiger partial charge in [0.05, 0.1) is 11.6 Å². The third-order valence-electron chi connectivity index (χ3n) is 3.12. The zero-order valence-corrected chi connectivity index (χ0v) is 10.2. The van der Waals surface area contributed by atoms with Gasteiger partial charge >= 0.3 is 5.97 Å². The summed E-state index contributed by atoms with van der Waals surface area (Å²) in [4.78, 5) is 22.8. The van der Waals surface area contributed by atoms with Crippen molar-refractivity contribution in [2.24, 2.45) is 0 Å². The van der Waals surface area contributed by atoms with Gasteiger partial charge < -0.3 is 15.7 Å². The summed E-state index contributed by atoms with van der Waals surface area (Å²) >= 11 is 0. The van der Waals surface area contributed by atoms with Gasteiger partial charge in [0.15, 0.2) is 0 Å². The maximum absolute atomic E-state index is 11.9. The Bertz CT molecular complexity index is 479. The van der Waals surface area contributed by atoms with Gasteiger partial charge in [-0.2, -0.15) is 0 Å². The number of aromatic carboxylic acids is 1. The summed E-state index contributed by atoms with van der Waals surface area (Å²) < 4.78 is 0. The van der Waals surface area contributed by atoms with E-state index in [4.69, 9.17) is 5.11 Å². The summed E-state index contributed by atoms with van der Waals surface area (Å²) in [6, 6.07) is 4.55. The van der Waals surface area contributed by atoms with Crippen LogP contribution in [-0.2, 0) is 4.79 Å². The zero-order chi connectivity index (χ0) is 13.1. The lowest BCUT2D eigenvalue weighted by molar-refractivity contribution is -0.117. The summed E-state index contributed by atoms with van der Waals surface area (Å²) in [5.74, 6) is -1.09. The average Bonchev–Trinajstić information content (AvgIpc) is 2.85. The number of amides is 1. The Morgan fingerprint density at radius 3 is 2.83 bits per heavy atom. The molecule has 1 heterocycles. The number of hydrogen-bond acceptors (Lipinski definition) is 3. The van der Waals surface area contributed by atoms with Crippen LogP contribution in [-0.4, -0.2) is 29.6 Å². The number of rotatable bonds is 3. The van der Waals surface area contributed by atoms with Crippen LogP contribution in [0.4, 0.5) is 5.69 Å². The second-order valence-corrected chi connectivity index (χ2v) is 4.47. The van der Waals surface area contributed by atoms with E-state index in [0.717, 1.165) is 24.9 Å². The fourth-order valence-electron chi connectivity index (χ4n) is 2.02. The SMILES string of the molecule is Cc1ccc(C(=O)O)cc1NC(=O)[C@H]1CCCN1. The van der Waals surface area contributed by atoms with Crippen molar-refractivity contribution in [3.63, 3.8) is 0 Å². The van der Waals surface area contributed by atoms with E-state index in [-0.39, 0.29) is 17.5 Å². The van der Waals surface area contributed by atoms with Gasteiger partial charge in [-0.15, -0.1) is 0 Å². The highest BCUT2D eigenvalue weighted by Gasteiger charge is 2.22. The molecule has 1 aromatic carbocycles. The molecule has 1 aliphatic rings. The first-order chi connectivity index (χ1) is 8.58. The van der Waals surface area contributed by atoms with Gasteiger partial charge in [-0.1, -0.05) is 6.07 Å². The summed E-state index contributed by atoms with van der Waals surface area (Å²) in [7, 11) is 0. The minimum absolute atomic E-state index is 0.0989. The maximum Gasteiger partial charge on any atom is 0.335 e. The minimum Gasteiger partial charge on any atom is -0.478 e. The van der Waals surface area contributed by atoms with E-state index in [0.29, 0.717) is 5.69 Å². The van der Waals surface area contributed by atoms with Crippen LogP contribution in [0.5, 0.6) is 0 Å². The van der Waals surface area contributed by atoms with Crippen molar-refractivity contribution in [3.8, 4) is 0 Å². The quantitative estimate of drug-likeness (QED) is 0.755. The third-order valence-corrected chi connectivity index (χ3v) is 3.12. The lowest BCUT2D eigenvalue weighted by atomic mass is 10.1. The first-order valence-electron chi connectivity index (χ1n) is 5.96. The molecule has 0 spiro atoms. The van der Waals surface area contributed by atoms with Crippen molar-refractivity contribution >= 4 is 17.6 Å². The van der Waals surface area contributed by atoms with Gasteiger partial charge in [0.2, 0.25) is 5.91 Å². The predicted octanol–water partition coefficient (Wildman–Crippen LogP) is 1.38. The molecule has 0 aliphatic carbocycles. The maximum atomic E-state index is 11.9. The van der Waals surface area contributed by atoms with E-state index in [1.807, 2.05) is 6.92 Å². The van der Waals surface area contributed by atoms with E-state index < -0.39 is 5.97 Å². The molecule has 0 radical (unpaired) electrons. The second kappa shape index (κ2) is 5.18. The lowest BCUT2D eigenvalue weighted by Gasteiger charge is -2.13. The highest BCUT2D eigenvalue weighted by Crippen LogP contribution is 2.18. The van der Waals surface area contributed by atoms with E-state index in [2.05, 4.69) is 10.6 Å². The Hall–Kier alpha value is -1.88. The molecule has 1 aromatic rings. The number of carboxylic acids is 1.